The van der Waals surface area contributed by atoms with Crippen LogP contribution < -0.4 is 15.2 Å². The normalized spacial score (nSPS) is 15.7. The maximum Gasteiger partial charge on any atom is 0.161 e. The van der Waals surface area contributed by atoms with Crippen molar-refractivity contribution in [1.82, 2.24) is 0 Å². The molecule has 2 heterocycles. The molecule has 0 saturated heterocycles. The SMILES string of the molecule is CCc1occc1C(N)c1ccc2c(c1)OCCCO2. The third-order valence-electron chi connectivity index (χ3n) is 3.57. The summed E-state index contributed by atoms with van der Waals surface area (Å²) in [6.07, 6.45) is 3.43. The second kappa shape index (κ2) is 5.59. The predicted molar refractivity (Wildman–Crippen MR) is 76.2 cm³/mol. The van der Waals surface area contributed by atoms with Crippen molar-refractivity contribution in [2.75, 3.05) is 13.2 Å². The lowest BCUT2D eigenvalue weighted by Gasteiger charge is -2.15. The molecule has 0 amide bonds. The molecule has 0 radical (unpaired) electrons. The summed E-state index contributed by atoms with van der Waals surface area (Å²) in [7, 11) is 0. The first kappa shape index (κ1) is 13.1. The number of furan rings is 1. The van der Waals surface area contributed by atoms with Gasteiger partial charge in [-0.25, -0.2) is 0 Å². The van der Waals surface area contributed by atoms with E-state index in [1.54, 1.807) is 6.26 Å². The molecule has 20 heavy (non-hydrogen) atoms. The van der Waals surface area contributed by atoms with Crippen LogP contribution >= 0.6 is 0 Å². The molecular formula is C16H19NO3. The van der Waals surface area contributed by atoms with Crippen LogP contribution in [0.3, 0.4) is 0 Å². The Bertz CT molecular complexity index is 591. The highest BCUT2D eigenvalue weighted by molar-refractivity contribution is 5.46. The van der Waals surface area contributed by atoms with E-state index in [1.165, 1.54) is 0 Å². The van der Waals surface area contributed by atoms with Gasteiger partial charge in [-0.05, 0) is 23.8 Å². The largest absolute Gasteiger partial charge is 0.490 e. The Hall–Kier alpha value is -1.94. The van der Waals surface area contributed by atoms with Gasteiger partial charge < -0.3 is 19.6 Å². The quantitative estimate of drug-likeness (QED) is 0.933. The second-order valence-corrected chi connectivity index (χ2v) is 4.89. The second-order valence-electron chi connectivity index (χ2n) is 4.89. The average molecular weight is 273 g/mol. The molecule has 3 rings (SSSR count). The van der Waals surface area contributed by atoms with Gasteiger partial charge >= 0.3 is 0 Å². The fourth-order valence-corrected chi connectivity index (χ4v) is 2.47. The first-order valence-corrected chi connectivity index (χ1v) is 7.01. The first-order chi connectivity index (χ1) is 9.79. The number of hydrogen-bond acceptors (Lipinski definition) is 4. The Morgan fingerprint density at radius 2 is 1.95 bits per heavy atom. The lowest BCUT2D eigenvalue weighted by Crippen LogP contribution is -2.13. The van der Waals surface area contributed by atoms with E-state index in [2.05, 4.69) is 6.92 Å². The number of benzene rings is 1. The zero-order valence-corrected chi connectivity index (χ0v) is 11.6. The minimum atomic E-state index is -0.208. The third-order valence-corrected chi connectivity index (χ3v) is 3.57. The van der Waals surface area contributed by atoms with E-state index < -0.39 is 0 Å². The monoisotopic (exact) mass is 273 g/mol. The van der Waals surface area contributed by atoms with Gasteiger partial charge in [0.25, 0.3) is 0 Å². The van der Waals surface area contributed by atoms with Crippen molar-refractivity contribution in [3.63, 3.8) is 0 Å². The molecular weight excluding hydrogens is 254 g/mol. The Morgan fingerprint density at radius 1 is 1.15 bits per heavy atom. The summed E-state index contributed by atoms with van der Waals surface area (Å²) in [5.74, 6) is 2.50. The van der Waals surface area contributed by atoms with Gasteiger partial charge in [0, 0.05) is 18.4 Å². The number of fused-ring (bicyclic) bond motifs is 1. The first-order valence-electron chi connectivity index (χ1n) is 7.01. The summed E-state index contributed by atoms with van der Waals surface area (Å²) in [5, 5.41) is 0. The molecule has 0 saturated carbocycles. The third kappa shape index (κ3) is 2.39. The fourth-order valence-electron chi connectivity index (χ4n) is 2.47. The Labute approximate surface area is 118 Å². The summed E-state index contributed by atoms with van der Waals surface area (Å²) < 4.78 is 16.8. The minimum Gasteiger partial charge on any atom is -0.490 e. The molecule has 1 unspecified atom stereocenters. The van der Waals surface area contributed by atoms with Gasteiger partial charge in [-0.2, -0.15) is 0 Å². The summed E-state index contributed by atoms with van der Waals surface area (Å²) in [6, 6.07) is 7.62. The number of rotatable bonds is 3. The lowest BCUT2D eigenvalue weighted by molar-refractivity contribution is 0.297. The summed E-state index contributed by atoms with van der Waals surface area (Å²) in [5.41, 5.74) is 8.39. The molecule has 1 aromatic carbocycles. The topological polar surface area (TPSA) is 57.6 Å². The number of hydrogen-bond donors (Lipinski definition) is 1. The Morgan fingerprint density at radius 3 is 2.75 bits per heavy atom. The molecule has 1 atom stereocenters. The van der Waals surface area contributed by atoms with Crippen molar-refractivity contribution in [2.24, 2.45) is 5.73 Å². The lowest BCUT2D eigenvalue weighted by atomic mass is 9.99. The van der Waals surface area contributed by atoms with Crippen molar-refractivity contribution in [3.05, 3.63) is 47.4 Å². The van der Waals surface area contributed by atoms with Gasteiger partial charge in [0.2, 0.25) is 0 Å². The van der Waals surface area contributed by atoms with E-state index in [0.717, 1.165) is 41.2 Å². The summed E-state index contributed by atoms with van der Waals surface area (Å²) >= 11 is 0. The zero-order valence-electron chi connectivity index (χ0n) is 11.6. The van der Waals surface area contributed by atoms with Gasteiger partial charge in [-0.1, -0.05) is 13.0 Å². The number of aryl methyl sites for hydroxylation is 1. The number of nitrogens with two attached hydrogens (primary N) is 1. The van der Waals surface area contributed by atoms with Crippen LogP contribution in [0.2, 0.25) is 0 Å². The highest BCUT2D eigenvalue weighted by atomic mass is 16.5. The maximum atomic E-state index is 6.35. The van der Waals surface area contributed by atoms with Crippen molar-refractivity contribution in [3.8, 4) is 11.5 Å². The van der Waals surface area contributed by atoms with Crippen molar-refractivity contribution >= 4 is 0 Å². The molecule has 0 spiro atoms. The summed E-state index contributed by atoms with van der Waals surface area (Å²) in [6.45, 7) is 3.43. The molecule has 1 aromatic heterocycles. The van der Waals surface area contributed by atoms with E-state index in [4.69, 9.17) is 19.6 Å². The Kier molecular flexibility index (Phi) is 3.65. The zero-order chi connectivity index (χ0) is 13.9. The molecule has 4 heteroatoms. The molecule has 4 nitrogen and oxygen atoms in total. The van der Waals surface area contributed by atoms with Crippen LogP contribution in [0, 0.1) is 0 Å². The van der Waals surface area contributed by atoms with Crippen molar-refractivity contribution in [1.29, 1.82) is 0 Å². The van der Waals surface area contributed by atoms with E-state index >= 15 is 0 Å². The van der Waals surface area contributed by atoms with Crippen LogP contribution in [-0.2, 0) is 6.42 Å². The van der Waals surface area contributed by atoms with Crippen LogP contribution in [0.15, 0.2) is 34.9 Å². The van der Waals surface area contributed by atoms with Crippen LogP contribution in [0.25, 0.3) is 0 Å². The molecule has 0 aliphatic carbocycles. The van der Waals surface area contributed by atoms with Gasteiger partial charge in [0.05, 0.1) is 25.5 Å². The van der Waals surface area contributed by atoms with Crippen LogP contribution in [0.5, 0.6) is 11.5 Å². The predicted octanol–water partition coefficient (Wildman–Crippen LogP) is 3.05. The van der Waals surface area contributed by atoms with E-state index in [9.17, 15) is 0 Å². The summed E-state index contributed by atoms with van der Waals surface area (Å²) in [4.78, 5) is 0. The number of ether oxygens (including phenoxy) is 2. The Balaban J connectivity index is 1.92. The van der Waals surface area contributed by atoms with Gasteiger partial charge in [-0.3, -0.25) is 0 Å². The highest BCUT2D eigenvalue weighted by Crippen LogP contribution is 2.34. The van der Waals surface area contributed by atoms with Crippen LogP contribution in [0.4, 0.5) is 0 Å². The maximum absolute atomic E-state index is 6.35. The average Bonchev–Trinajstić information content (AvgIpc) is 2.83. The minimum absolute atomic E-state index is 0.208. The van der Waals surface area contributed by atoms with Crippen molar-refractivity contribution in [2.45, 2.75) is 25.8 Å². The molecule has 2 N–H and O–H groups in total. The fraction of sp³-hybridized carbons (Fsp3) is 0.375. The van der Waals surface area contributed by atoms with Gasteiger partial charge in [0.15, 0.2) is 11.5 Å². The standard InChI is InChI=1S/C16H19NO3/c1-2-13-12(6-9-20-13)16(17)11-4-5-14-15(10-11)19-8-3-7-18-14/h4-6,9-10,16H,2-3,7-8,17H2,1H3. The van der Waals surface area contributed by atoms with Crippen molar-refractivity contribution < 1.29 is 13.9 Å². The van der Waals surface area contributed by atoms with Gasteiger partial charge in [0.1, 0.15) is 5.76 Å². The molecule has 2 aromatic rings. The molecule has 1 aliphatic rings. The van der Waals surface area contributed by atoms with E-state index in [1.807, 2.05) is 24.3 Å². The molecule has 0 fully saturated rings. The molecule has 106 valence electrons. The van der Waals surface area contributed by atoms with Crippen LogP contribution in [0.1, 0.15) is 36.3 Å². The molecule has 1 aliphatic heterocycles. The van der Waals surface area contributed by atoms with E-state index in [0.29, 0.717) is 13.2 Å². The molecule has 0 bridgehead atoms. The van der Waals surface area contributed by atoms with E-state index in [-0.39, 0.29) is 6.04 Å². The highest BCUT2D eigenvalue weighted by Gasteiger charge is 2.18. The van der Waals surface area contributed by atoms with Gasteiger partial charge in [-0.15, -0.1) is 0 Å². The van der Waals surface area contributed by atoms with Crippen LogP contribution in [-0.4, -0.2) is 13.2 Å². The smallest absolute Gasteiger partial charge is 0.161 e.